The van der Waals surface area contributed by atoms with Gasteiger partial charge >= 0.3 is 0 Å². The molecule has 3 rings (SSSR count). The molecule has 0 radical (unpaired) electrons. The second-order valence-electron chi connectivity index (χ2n) is 6.05. The SMILES string of the molecule is Cc1ccc(CCNC(=O)[C@@H]2CC(=O)N(Cc3ccccn3)C2)s1. The standard InChI is InChI=1S/C18H21N3O2S/c1-13-5-6-16(24-13)7-9-20-18(23)14-10-17(22)21(11-14)12-15-4-2-3-8-19-15/h2-6,8,14H,7,9-12H2,1H3,(H,20,23)/t14-/m1/s1. The zero-order valence-corrected chi connectivity index (χ0v) is 14.5. The molecular weight excluding hydrogens is 322 g/mol. The van der Waals surface area contributed by atoms with Crippen LogP contribution >= 0.6 is 11.3 Å². The van der Waals surface area contributed by atoms with Gasteiger partial charge < -0.3 is 10.2 Å². The second kappa shape index (κ2) is 7.57. The topological polar surface area (TPSA) is 62.3 Å². The molecule has 2 amide bonds. The summed E-state index contributed by atoms with van der Waals surface area (Å²) in [5.74, 6) is -0.263. The van der Waals surface area contributed by atoms with E-state index in [2.05, 4.69) is 29.4 Å². The van der Waals surface area contributed by atoms with Gasteiger partial charge in [-0.15, -0.1) is 11.3 Å². The van der Waals surface area contributed by atoms with Crippen LogP contribution in [0.3, 0.4) is 0 Å². The number of nitrogens with zero attached hydrogens (tertiary/aromatic N) is 2. The molecule has 126 valence electrons. The molecule has 1 atom stereocenters. The Hall–Kier alpha value is -2.21. The number of rotatable bonds is 6. The maximum Gasteiger partial charge on any atom is 0.225 e. The number of nitrogens with one attached hydrogen (secondary N) is 1. The summed E-state index contributed by atoms with van der Waals surface area (Å²) in [6.45, 7) is 3.63. The minimum Gasteiger partial charge on any atom is -0.355 e. The number of carbonyl (C=O) groups excluding carboxylic acids is 2. The number of pyridine rings is 1. The van der Waals surface area contributed by atoms with E-state index >= 15 is 0 Å². The van der Waals surface area contributed by atoms with Gasteiger partial charge in [0, 0.05) is 35.5 Å². The first-order valence-electron chi connectivity index (χ1n) is 8.12. The summed E-state index contributed by atoms with van der Waals surface area (Å²) in [4.78, 5) is 32.9. The Balaban J connectivity index is 1.47. The predicted octanol–water partition coefficient (Wildman–Crippen LogP) is 2.16. The Morgan fingerprint density at radius 2 is 2.25 bits per heavy atom. The summed E-state index contributed by atoms with van der Waals surface area (Å²) in [6.07, 6.45) is 2.84. The summed E-state index contributed by atoms with van der Waals surface area (Å²) in [5.41, 5.74) is 0.847. The van der Waals surface area contributed by atoms with Crippen molar-refractivity contribution in [3.63, 3.8) is 0 Å². The zero-order valence-electron chi connectivity index (χ0n) is 13.7. The van der Waals surface area contributed by atoms with Crippen LogP contribution in [0, 0.1) is 12.8 Å². The van der Waals surface area contributed by atoms with E-state index in [-0.39, 0.29) is 24.2 Å². The van der Waals surface area contributed by atoms with Crippen molar-refractivity contribution >= 4 is 23.2 Å². The highest BCUT2D eigenvalue weighted by molar-refractivity contribution is 7.11. The molecule has 0 aromatic carbocycles. The van der Waals surface area contributed by atoms with Crippen molar-refractivity contribution in [2.75, 3.05) is 13.1 Å². The van der Waals surface area contributed by atoms with Crippen LogP contribution in [0.25, 0.3) is 0 Å². The number of carbonyl (C=O) groups is 2. The summed E-state index contributed by atoms with van der Waals surface area (Å²) in [5, 5.41) is 2.96. The lowest BCUT2D eigenvalue weighted by Gasteiger charge is -2.16. The Morgan fingerprint density at radius 1 is 1.38 bits per heavy atom. The highest BCUT2D eigenvalue weighted by atomic mass is 32.1. The molecule has 3 heterocycles. The number of amides is 2. The van der Waals surface area contributed by atoms with Gasteiger partial charge in [0.15, 0.2) is 0 Å². The lowest BCUT2D eigenvalue weighted by atomic mass is 10.1. The first kappa shape index (κ1) is 16.6. The van der Waals surface area contributed by atoms with Crippen LogP contribution in [-0.4, -0.2) is 34.8 Å². The van der Waals surface area contributed by atoms with E-state index in [1.807, 2.05) is 18.2 Å². The number of thiophene rings is 1. The summed E-state index contributed by atoms with van der Waals surface area (Å²) in [7, 11) is 0. The Kier molecular flexibility index (Phi) is 5.25. The highest BCUT2D eigenvalue weighted by Crippen LogP contribution is 2.20. The average Bonchev–Trinajstić information content (AvgIpc) is 3.15. The number of aromatic nitrogens is 1. The van der Waals surface area contributed by atoms with Crippen molar-refractivity contribution in [2.24, 2.45) is 5.92 Å². The van der Waals surface area contributed by atoms with Gasteiger partial charge in [-0.1, -0.05) is 6.07 Å². The van der Waals surface area contributed by atoms with E-state index in [9.17, 15) is 9.59 Å². The van der Waals surface area contributed by atoms with E-state index in [0.717, 1.165) is 12.1 Å². The van der Waals surface area contributed by atoms with Gasteiger partial charge in [-0.25, -0.2) is 0 Å². The molecule has 0 aliphatic carbocycles. The first-order chi connectivity index (χ1) is 11.6. The van der Waals surface area contributed by atoms with E-state index in [4.69, 9.17) is 0 Å². The van der Waals surface area contributed by atoms with Crippen molar-refractivity contribution in [1.29, 1.82) is 0 Å². The molecule has 0 saturated carbocycles. The third-order valence-corrected chi connectivity index (χ3v) is 5.19. The number of likely N-dealkylation sites (tertiary alicyclic amines) is 1. The molecule has 2 aromatic rings. The molecular formula is C18H21N3O2S. The molecule has 0 spiro atoms. The fourth-order valence-corrected chi connectivity index (χ4v) is 3.75. The minimum absolute atomic E-state index is 0.0229. The van der Waals surface area contributed by atoms with Crippen molar-refractivity contribution in [1.82, 2.24) is 15.2 Å². The molecule has 1 aliphatic rings. The second-order valence-corrected chi connectivity index (χ2v) is 7.42. The van der Waals surface area contributed by atoms with Gasteiger partial charge in [0.05, 0.1) is 18.2 Å². The molecule has 24 heavy (non-hydrogen) atoms. The normalized spacial score (nSPS) is 17.3. The third kappa shape index (κ3) is 4.20. The third-order valence-electron chi connectivity index (χ3n) is 4.13. The smallest absolute Gasteiger partial charge is 0.225 e. The molecule has 1 fully saturated rings. The van der Waals surface area contributed by atoms with Gasteiger partial charge in [-0.2, -0.15) is 0 Å². The summed E-state index contributed by atoms with van der Waals surface area (Å²) >= 11 is 1.75. The maximum atomic E-state index is 12.3. The van der Waals surface area contributed by atoms with E-state index < -0.39 is 0 Å². The number of hydrogen-bond acceptors (Lipinski definition) is 4. The van der Waals surface area contributed by atoms with Crippen LogP contribution in [0.2, 0.25) is 0 Å². The van der Waals surface area contributed by atoms with Crippen molar-refractivity contribution < 1.29 is 9.59 Å². The molecule has 1 saturated heterocycles. The average molecular weight is 343 g/mol. The van der Waals surface area contributed by atoms with E-state index in [1.165, 1.54) is 9.75 Å². The van der Waals surface area contributed by atoms with Crippen molar-refractivity contribution in [3.8, 4) is 0 Å². The van der Waals surface area contributed by atoms with Crippen LogP contribution in [0.5, 0.6) is 0 Å². The highest BCUT2D eigenvalue weighted by Gasteiger charge is 2.34. The Bertz CT molecular complexity index is 714. The molecule has 6 heteroatoms. The molecule has 0 unspecified atom stereocenters. The fraction of sp³-hybridized carbons (Fsp3) is 0.389. The summed E-state index contributed by atoms with van der Waals surface area (Å²) < 4.78 is 0. The molecule has 1 aliphatic heterocycles. The lowest BCUT2D eigenvalue weighted by Crippen LogP contribution is -2.34. The van der Waals surface area contributed by atoms with Gasteiger partial charge in [0.2, 0.25) is 11.8 Å². The van der Waals surface area contributed by atoms with Crippen LogP contribution < -0.4 is 5.32 Å². The van der Waals surface area contributed by atoms with Crippen LogP contribution in [0.4, 0.5) is 0 Å². The van der Waals surface area contributed by atoms with Gasteiger partial charge in [-0.05, 0) is 37.6 Å². The van der Waals surface area contributed by atoms with E-state index in [1.54, 1.807) is 22.4 Å². The van der Waals surface area contributed by atoms with Crippen molar-refractivity contribution in [2.45, 2.75) is 26.3 Å². The largest absolute Gasteiger partial charge is 0.355 e. The number of hydrogen-bond donors (Lipinski definition) is 1. The van der Waals surface area contributed by atoms with Crippen molar-refractivity contribution in [3.05, 3.63) is 52.0 Å². The zero-order chi connectivity index (χ0) is 16.9. The first-order valence-corrected chi connectivity index (χ1v) is 8.94. The Labute approximate surface area is 145 Å². The lowest BCUT2D eigenvalue weighted by molar-refractivity contribution is -0.129. The summed E-state index contributed by atoms with van der Waals surface area (Å²) in [6, 6.07) is 9.83. The van der Waals surface area contributed by atoms with E-state index in [0.29, 0.717) is 19.6 Å². The molecule has 2 aromatic heterocycles. The number of aryl methyl sites for hydroxylation is 1. The maximum absolute atomic E-state index is 12.3. The monoisotopic (exact) mass is 343 g/mol. The van der Waals surface area contributed by atoms with Crippen LogP contribution in [0.1, 0.15) is 21.9 Å². The molecule has 1 N–H and O–H groups in total. The molecule has 5 nitrogen and oxygen atoms in total. The van der Waals surface area contributed by atoms with Gasteiger partial charge in [0.1, 0.15) is 0 Å². The van der Waals surface area contributed by atoms with Crippen LogP contribution in [0.15, 0.2) is 36.5 Å². The van der Waals surface area contributed by atoms with Gasteiger partial charge in [-0.3, -0.25) is 14.6 Å². The van der Waals surface area contributed by atoms with Crippen LogP contribution in [-0.2, 0) is 22.6 Å². The fourth-order valence-electron chi connectivity index (χ4n) is 2.86. The molecule has 0 bridgehead atoms. The quantitative estimate of drug-likeness (QED) is 0.874. The predicted molar refractivity (Wildman–Crippen MR) is 93.5 cm³/mol. The minimum atomic E-state index is -0.258. The van der Waals surface area contributed by atoms with Gasteiger partial charge in [0.25, 0.3) is 0 Å². The Morgan fingerprint density at radius 3 is 2.96 bits per heavy atom.